The van der Waals surface area contributed by atoms with Crippen molar-refractivity contribution >= 4 is 0 Å². The lowest BCUT2D eigenvalue weighted by Crippen LogP contribution is -2.15. The number of aromatic nitrogens is 3. The van der Waals surface area contributed by atoms with Crippen LogP contribution >= 0.6 is 0 Å². The minimum absolute atomic E-state index is 0.261. The lowest BCUT2D eigenvalue weighted by Gasteiger charge is -2.12. The first-order valence-electron chi connectivity index (χ1n) is 6.68. The first-order chi connectivity index (χ1) is 9.38. The summed E-state index contributed by atoms with van der Waals surface area (Å²) >= 11 is 0. The van der Waals surface area contributed by atoms with E-state index in [0.29, 0.717) is 6.54 Å². The third kappa shape index (κ3) is 2.52. The highest BCUT2D eigenvalue weighted by Crippen LogP contribution is 2.19. The summed E-state index contributed by atoms with van der Waals surface area (Å²) in [6.45, 7) is 1.24. The van der Waals surface area contributed by atoms with Crippen LogP contribution in [0.1, 0.15) is 24.5 Å². The van der Waals surface area contributed by atoms with Crippen molar-refractivity contribution in [1.82, 2.24) is 14.8 Å². The molecule has 0 aliphatic carbocycles. The maximum atomic E-state index is 5.75. The Morgan fingerprint density at radius 1 is 1.21 bits per heavy atom. The van der Waals surface area contributed by atoms with Gasteiger partial charge < -0.3 is 10.5 Å². The molecular weight excluding hydrogens is 240 g/mol. The van der Waals surface area contributed by atoms with Crippen molar-refractivity contribution in [3.05, 3.63) is 42.0 Å². The molecule has 0 spiro atoms. The molecule has 19 heavy (non-hydrogen) atoms. The summed E-state index contributed by atoms with van der Waals surface area (Å²) in [5.41, 5.74) is 6.81. The third-order valence-corrected chi connectivity index (χ3v) is 3.43. The molecule has 1 atom stereocenters. The number of hydrogen-bond donors (Lipinski definition) is 1. The minimum atomic E-state index is 0.261. The SMILES string of the molecule is NCc1nnc(CC2CCCO2)n1-c1ccccc1. The molecule has 2 aromatic rings. The van der Waals surface area contributed by atoms with Crippen LogP contribution < -0.4 is 5.73 Å². The fraction of sp³-hybridized carbons (Fsp3) is 0.429. The smallest absolute Gasteiger partial charge is 0.151 e. The van der Waals surface area contributed by atoms with Gasteiger partial charge in [0.2, 0.25) is 0 Å². The molecule has 5 heteroatoms. The quantitative estimate of drug-likeness (QED) is 0.901. The van der Waals surface area contributed by atoms with Gasteiger partial charge in [-0.2, -0.15) is 0 Å². The molecule has 1 aromatic heterocycles. The van der Waals surface area contributed by atoms with Crippen molar-refractivity contribution in [1.29, 1.82) is 0 Å². The number of nitrogens with two attached hydrogens (primary N) is 1. The van der Waals surface area contributed by atoms with Crippen molar-refractivity contribution in [3.63, 3.8) is 0 Å². The van der Waals surface area contributed by atoms with E-state index in [4.69, 9.17) is 10.5 Å². The molecule has 2 heterocycles. The van der Waals surface area contributed by atoms with Crippen LogP contribution in [0.2, 0.25) is 0 Å². The van der Waals surface area contributed by atoms with Crippen LogP contribution in [0.15, 0.2) is 30.3 Å². The predicted octanol–water partition coefficient (Wildman–Crippen LogP) is 1.45. The summed E-state index contributed by atoms with van der Waals surface area (Å²) in [5.74, 6) is 1.72. The normalized spacial score (nSPS) is 18.9. The van der Waals surface area contributed by atoms with Crippen molar-refractivity contribution < 1.29 is 4.74 Å². The van der Waals surface area contributed by atoms with Gasteiger partial charge in [0.1, 0.15) is 5.82 Å². The van der Waals surface area contributed by atoms with E-state index in [1.165, 1.54) is 0 Å². The first-order valence-corrected chi connectivity index (χ1v) is 6.68. The summed E-state index contributed by atoms with van der Waals surface area (Å²) in [6.07, 6.45) is 3.28. The molecule has 1 unspecified atom stereocenters. The molecule has 100 valence electrons. The monoisotopic (exact) mass is 258 g/mol. The van der Waals surface area contributed by atoms with E-state index >= 15 is 0 Å². The molecule has 1 aliphatic heterocycles. The molecule has 1 fully saturated rings. The minimum Gasteiger partial charge on any atom is -0.378 e. The molecule has 1 saturated heterocycles. The number of ether oxygens (including phenoxy) is 1. The average molecular weight is 258 g/mol. The molecule has 0 radical (unpaired) electrons. The number of para-hydroxylation sites is 1. The van der Waals surface area contributed by atoms with Gasteiger partial charge in [0.25, 0.3) is 0 Å². The van der Waals surface area contributed by atoms with Gasteiger partial charge in [-0.05, 0) is 25.0 Å². The second-order valence-electron chi connectivity index (χ2n) is 4.75. The molecule has 2 N–H and O–H groups in total. The summed E-state index contributed by atoms with van der Waals surface area (Å²) in [6, 6.07) is 10.1. The largest absolute Gasteiger partial charge is 0.378 e. The number of benzene rings is 1. The standard InChI is InChI=1S/C14H18N4O/c15-10-14-17-16-13(9-12-7-4-8-19-12)18(14)11-5-2-1-3-6-11/h1-3,5-6,12H,4,7-10,15H2. The van der Waals surface area contributed by atoms with E-state index in [2.05, 4.69) is 10.2 Å². The second kappa shape index (κ2) is 5.50. The Labute approximate surface area is 112 Å². The van der Waals surface area contributed by atoms with Crippen LogP contribution in [0, 0.1) is 0 Å². The molecule has 0 bridgehead atoms. The Morgan fingerprint density at radius 2 is 2.00 bits per heavy atom. The van der Waals surface area contributed by atoms with Crippen molar-refractivity contribution in [2.45, 2.75) is 31.9 Å². The zero-order chi connectivity index (χ0) is 13.1. The third-order valence-electron chi connectivity index (χ3n) is 3.43. The maximum Gasteiger partial charge on any atom is 0.151 e. The van der Waals surface area contributed by atoms with E-state index in [1.807, 2.05) is 34.9 Å². The molecule has 1 aromatic carbocycles. The van der Waals surface area contributed by atoms with Gasteiger partial charge in [-0.3, -0.25) is 4.57 Å². The number of hydrogen-bond acceptors (Lipinski definition) is 4. The lowest BCUT2D eigenvalue weighted by atomic mass is 10.1. The Kier molecular flexibility index (Phi) is 3.57. The Bertz CT molecular complexity index is 532. The van der Waals surface area contributed by atoms with Crippen LogP contribution in [0.5, 0.6) is 0 Å². The Morgan fingerprint density at radius 3 is 2.68 bits per heavy atom. The fourth-order valence-corrected chi connectivity index (χ4v) is 2.50. The van der Waals surface area contributed by atoms with E-state index < -0.39 is 0 Å². The van der Waals surface area contributed by atoms with Gasteiger partial charge in [-0.1, -0.05) is 18.2 Å². The fourth-order valence-electron chi connectivity index (χ4n) is 2.50. The van der Waals surface area contributed by atoms with Crippen LogP contribution in [0.4, 0.5) is 0 Å². The molecule has 0 saturated carbocycles. The zero-order valence-corrected chi connectivity index (χ0v) is 10.8. The Balaban J connectivity index is 1.93. The van der Waals surface area contributed by atoms with Crippen LogP contribution in [-0.4, -0.2) is 27.5 Å². The highest BCUT2D eigenvalue weighted by atomic mass is 16.5. The second-order valence-corrected chi connectivity index (χ2v) is 4.75. The van der Waals surface area contributed by atoms with Crippen molar-refractivity contribution in [2.24, 2.45) is 5.73 Å². The van der Waals surface area contributed by atoms with Gasteiger partial charge in [0, 0.05) is 18.7 Å². The molecule has 1 aliphatic rings. The number of nitrogens with zero attached hydrogens (tertiary/aromatic N) is 3. The molecular formula is C14H18N4O. The highest BCUT2D eigenvalue weighted by molar-refractivity contribution is 5.34. The highest BCUT2D eigenvalue weighted by Gasteiger charge is 2.21. The van der Waals surface area contributed by atoms with Gasteiger partial charge in [0.15, 0.2) is 5.82 Å². The van der Waals surface area contributed by atoms with Crippen LogP contribution in [0.3, 0.4) is 0 Å². The molecule has 5 nitrogen and oxygen atoms in total. The molecule has 3 rings (SSSR count). The van der Waals surface area contributed by atoms with E-state index in [9.17, 15) is 0 Å². The topological polar surface area (TPSA) is 66.0 Å². The van der Waals surface area contributed by atoms with Gasteiger partial charge in [0.05, 0.1) is 12.6 Å². The molecule has 0 amide bonds. The number of rotatable bonds is 4. The van der Waals surface area contributed by atoms with Gasteiger partial charge in [-0.15, -0.1) is 10.2 Å². The van der Waals surface area contributed by atoms with Gasteiger partial charge in [-0.25, -0.2) is 0 Å². The Hall–Kier alpha value is -1.72. The van der Waals surface area contributed by atoms with Gasteiger partial charge >= 0.3 is 0 Å². The van der Waals surface area contributed by atoms with Crippen LogP contribution in [-0.2, 0) is 17.7 Å². The lowest BCUT2D eigenvalue weighted by molar-refractivity contribution is 0.109. The first kappa shape index (κ1) is 12.3. The van der Waals surface area contributed by atoms with E-state index in [0.717, 1.165) is 43.2 Å². The predicted molar refractivity (Wildman–Crippen MR) is 71.9 cm³/mol. The average Bonchev–Trinajstić information content (AvgIpc) is 3.09. The van der Waals surface area contributed by atoms with Crippen molar-refractivity contribution in [3.8, 4) is 5.69 Å². The summed E-state index contributed by atoms with van der Waals surface area (Å²) in [7, 11) is 0. The van der Waals surface area contributed by atoms with Crippen molar-refractivity contribution in [2.75, 3.05) is 6.61 Å². The van der Waals surface area contributed by atoms with E-state index in [-0.39, 0.29) is 6.10 Å². The van der Waals surface area contributed by atoms with Crippen LogP contribution in [0.25, 0.3) is 5.69 Å². The zero-order valence-electron chi connectivity index (χ0n) is 10.8. The maximum absolute atomic E-state index is 5.75. The van der Waals surface area contributed by atoms with E-state index in [1.54, 1.807) is 0 Å². The summed E-state index contributed by atoms with van der Waals surface area (Å²) < 4.78 is 7.72. The summed E-state index contributed by atoms with van der Waals surface area (Å²) in [4.78, 5) is 0. The summed E-state index contributed by atoms with van der Waals surface area (Å²) in [5, 5.41) is 8.47.